The van der Waals surface area contributed by atoms with Crippen molar-refractivity contribution in [3.8, 4) is 0 Å². The second-order valence-corrected chi connectivity index (χ2v) is 4.34. The first-order chi connectivity index (χ1) is 6.20. The van der Waals surface area contributed by atoms with Gasteiger partial charge in [0, 0.05) is 0 Å². The molecule has 6 heteroatoms. The van der Waals surface area contributed by atoms with Crippen LogP contribution in [0.5, 0.6) is 0 Å². The van der Waals surface area contributed by atoms with Gasteiger partial charge in [0.25, 0.3) is 0 Å². The first kappa shape index (κ1) is 8.83. The average molecular weight is 215 g/mol. The third-order valence-electron chi connectivity index (χ3n) is 1.59. The van der Waals surface area contributed by atoms with E-state index in [1.807, 2.05) is 13.8 Å². The van der Waals surface area contributed by atoms with Crippen LogP contribution >= 0.6 is 23.5 Å². The maximum Gasteiger partial charge on any atom is 0.185 e. The SMILES string of the molecule is Cc1nc(C)c2nc(SF)sc2n1. The zero-order valence-electron chi connectivity index (χ0n) is 7.04. The predicted molar refractivity (Wildman–Crippen MR) is 51.6 cm³/mol. The van der Waals surface area contributed by atoms with Gasteiger partial charge >= 0.3 is 0 Å². The minimum atomic E-state index is 0.149. The van der Waals surface area contributed by atoms with E-state index in [0.717, 1.165) is 10.5 Å². The maximum absolute atomic E-state index is 12.2. The molecule has 0 unspecified atom stereocenters. The molecular weight excluding hydrogens is 209 g/mol. The maximum atomic E-state index is 12.2. The van der Waals surface area contributed by atoms with Crippen LogP contribution in [-0.4, -0.2) is 15.0 Å². The Morgan fingerprint density at radius 1 is 1.23 bits per heavy atom. The molecule has 2 aromatic rings. The zero-order valence-corrected chi connectivity index (χ0v) is 8.67. The van der Waals surface area contributed by atoms with Gasteiger partial charge in [-0.3, -0.25) is 0 Å². The highest BCUT2D eigenvalue weighted by Crippen LogP contribution is 2.29. The molecule has 2 rings (SSSR count). The van der Waals surface area contributed by atoms with Gasteiger partial charge in [0.2, 0.25) is 0 Å². The Bertz CT molecular complexity index is 454. The molecule has 0 aliphatic carbocycles. The van der Waals surface area contributed by atoms with Gasteiger partial charge in [-0.1, -0.05) is 11.3 Å². The molecule has 0 N–H and O–H groups in total. The molecule has 0 aromatic carbocycles. The number of thiazole rings is 1. The molecular formula is C7H6FN3S2. The van der Waals surface area contributed by atoms with Gasteiger partial charge in [-0.15, -0.1) is 0 Å². The zero-order chi connectivity index (χ0) is 9.42. The molecule has 0 amide bonds. The second-order valence-electron chi connectivity index (χ2n) is 2.57. The van der Waals surface area contributed by atoms with Crippen molar-refractivity contribution in [3.63, 3.8) is 0 Å². The quantitative estimate of drug-likeness (QED) is 0.733. The molecule has 0 saturated carbocycles. The van der Waals surface area contributed by atoms with Crippen molar-refractivity contribution < 1.29 is 3.89 Å². The van der Waals surface area contributed by atoms with Gasteiger partial charge in [-0.25, -0.2) is 15.0 Å². The lowest BCUT2D eigenvalue weighted by Crippen LogP contribution is -1.90. The highest BCUT2D eigenvalue weighted by molar-refractivity contribution is 7.96. The van der Waals surface area contributed by atoms with E-state index in [0.29, 0.717) is 15.7 Å². The first-order valence-corrected chi connectivity index (χ1v) is 5.14. The first-order valence-electron chi connectivity index (χ1n) is 3.61. The lowest BCUT2D eigenvalue weighted by atomic mass is 10.4. The van der Waals surface area contributed by atoms with Gasteiger partial charge in [-0.2, -0.15) is 3.89 Å². The van der Waals surface area contributed by atoms with Gasteiger partial charge in [0.1, 0.15) is 28.3 Å². The Morgan fingerprint density at radius 2 is 2.00 bits per heavy atom. The lowest BCUT2D eigenvalue weighted by molar-refractivity contribution is 0.931. The fraction of sp³-hybridized carbons (Fsp3) is 0.286. The van der Waals surface area contributed by atoms with Gasteiger partial charge in [-0.05, 0) is 13.8 Å². The number of halogens is 1. The van der Waals surface area contributed by atoms with Crippen molar-refractivity contribution >= 4 is 33.8 Å². The summed E-state index contributed by atoms with van der Waals surface area (Å²) in [5.74, 6) is 0.698. The number of hydrogen-bond acceptors (Lipinski definition) is 5. The highest BCUT2D eigenvalue weighted by Gasteiger charge is 2.09. The smallest absolute Gasteiger partial charge is 0.185 e. The summed E-state index contributed by atoms with van der Waals surface area (Å²) in [5, 5.41) is 0. The minimum Gasteiger partial charge on any atom is -0.236 e. The van der Waals surface area contributed by atoms with Crippen molar-refractivity contribution in [1.82, 2.24) is 15.0 Å². The summed E-state index contributed by atoms with van der Waals surface area (Å²) >= 11 is 1.40. The standard InChI is InChI=1S/C7H6FN3S2/c1-3-5-6(10-4(2)9-3)12-7(11-5)13-8/h1-2H3. The molecule has 0 aliphatic heterocycles. The van der Waals surface area contributed by atoms with Crippen LogP contribution < -0.4 is 0 Å². The van der Waals surface area contributed by atoms with Crippen LogP contribution in [0.1, 0.15) is 11.5 Å². The van der Waals surface area contributed by atoms with E-state index in [2.05, 4.69) is 15.0 Å². The third-order valence-corrected chi connectivity index (χ3v) is 3.00. The summed E-state index contributed by atoms with van der Waals surface area (Å²) in [5.41, 5.74) is 1.51. The normalized spacial score (nSPS) is 11.0. The topological polar surface area (TPSA) is 38.7 Å². The Kier molecular flexibility index (Phi) is 2.17. The number of fused-ring (bicyclic) bond motifs is 1. The van der Waals surface area contributed by atoms with E-state index < -0.39 is 0 Å². The number of aromatic nitrogens is 3. The molecule has 0 radical (unpaired) electrons. The summed E-state index contributed by atoms with van der Waals surface area (Å²) in [7, 11) is 0. The summed E-state index contributed by atoms with van der Waals surface area (Å²) < 4.78 is 12.6. The third kappa shape index (κ3) is 1.51. The van der Waals surface area contributed by atoms with E-state index in [1.165, 1.54) is 11.3 Å². The fourth-order valence-electron chi connectivity index (χ4n) is 1.11. The Labute approximate surface area is 82.7 Å². The van der Waals surface area contributed by atoms with Gasteiger partial charge < -0.3 is 0 Å². The summed E-state index contributed by atoms with van der Waals surface area (Å²) in [6, 6.07) is 0. The van der Waals surface area contributed by atoms with E-state index in [9.17, 15) is 3.89 Å². The molecule has 0 atom stereocenters. The Balaban J connectivity index is 2.75. The largest absolute Gasteiger partial charge is 0.236 e. The molecule has 0 spiro atoms. The van der Waals surface area contributed by atoms with Crippen LogP contribution in [0.4, 0.5) is 3.89 Å². The van der Waals surface area contributed by atoms with Crippen molar-refractivity contribution in [1.29, 1.82) is 0 Å². The van der Waals surface area contributed by atoms with E-state index in [-0.39, 0.29) is 12.1 Å². The van der Waals surface area contributed by atoms with E-state index in [4.69, 9.17) is 0 Å². The van der Waals surface area contributed by atoms with Crippen molar-refractivity contribution in [3.05, 3.63) is 11.5 Å². The van der Waals surface area contributed by atoms with E-state index >= 15 is 0 Å². The molecule has 2 aromatic heterocycles. The lowest BCUT2D eigenvalue weighted by Gasteiger charge is -1.93. The van der Waals surface area contributed by atoms with Crippen molar-refractivity contribution in [2.75, 3.05) is 0 Å². The van der Waals surface area contributed by atoms with Crippen LogP contribution in [0.25, 0.3) is 10.3 Å². The molecule has 0 bridgehead atoms. The summed E-state index contributed by atoms with van der Waals surface area (Å²) in [6.07, 6.45) is 0. The predicted octanol–water partition coefficient (Wildman–Crippen LogP) is 2.68. The number of nitrogens with zero attached hydrogens (tertiary/aromatic N) is 3. The monoisotopic (exact) mass is 215 g/mol. The molecule has 13 heavy (non-hydrogen) atoms. The molecule has 0 aliphatic rings. The van der Waals surface area contributed by atoms with Gasteiger partial charge in [0.15, 0.2) is 4.34 Å². The molecule has 68 valence electrons. The summed E-state index contributed by atoms with van der Waals surface area (Å²) in [6.45, 7) is 3.66. The highest BCUT2D eigenvalue weighted by atomic mass is 32.2. The number of hydrogen-bond donors (Lipinski definition) is 0. The van der Waals surface area contributed by atoms with Crippen LogP contribution in [0, 0.1) is 13.8 Å². The fourth-order valence-corrected chi connectivity index (χ4v) is 2.36. The van der Waals surface area contributed by atoms with Crippen LogP contribution in [0.3, 0.4) is 0 Å². The van der Waals surface area contributed by atoms with E-state index in [1.54, 1.807) is 0 Å². The molecule has 3 nitrogen and oxygen atoms in total. The number of rotatable bonds is 1. The molecule has 0 fully saturated rings. The second kappa shape index (κ2) is 3.19. The summed E-state index contributed by atoms with van der Waals surface area (Å²) in [4.78, 5) is 13.1. The van der Waals surface area contributed by atoms with Gasteiger partial charge in [0.05, 0.1) is 5.69 Å². The van der Waals surface area contributed by atoms with Crippen LogP contribution in [0.15, 0.2) is 4.34 Å². The average Bonchev–Trinajstić information content (AvgIpc) is 2.47. The Morgan fingerprint density at radius 3 is 2.69 bits per heavy atom. The molecule has 0 saturated heterocycles. The molecule has 2 heterocycles. The van der Waals surface area contributed by atoms with Crippen LogP contribution in [0.2, 0.25) is 0 Å². The van der Waals surface area contributed by atoms with Crippen molar-refractivity contribution in [2.24, 2.45) is 0 Å². The van der Waals surface area contributed by atoms with Crippen LogP contribution in [-0.2, 0) is 0 Å². The number of aryl methyl sites for hydroxylation is 2. The van der Waals surface area contributed by atoms with Crippen molar-refractivity contribution in [2.45, 2.75) is 18.2 Å². The Hall–Kier alpha value is -0.750. The minimum absolute atomic E-state index is 0.149.